The van der Waals surface area contributed by atoms with Gasteiger partial charge < -0.3 is 19.9 Å². The van der Waals surface area contributed by atoms with Gasteiger partial charge in [0, 0.05) is 71.2 Å². The monoisotopic (exact) mass is 391 g/mol. The van der Waals surface area contributed by atoms with Gasteiger partial charge in [0.05, 0.1) is 25.5 Å². The number of piperazine rings is 1. The number of hydrogen-bond donors (Lipinski definition) is 1. The van der Waals surface area contributed by atoms with E-state index in [1.807, 2.05) is 30.6 Å². The van der Waals surface area contributed by atoms with Crippen LogP contribution in [0.4, 0.5) is 0 Å². The highest BCUT2D eigenvalue weighted by Crippen LogP contribution is 2.12. The van der Waals surface area contributed by atoms with E-state index in [1.54, 1.807) is 0 Å². The largest absolute Gasteiger partial charge is 0.378 e. The van der Waals surface area contributed by atoms with Crippen LogP contribution in [0.15, 0.2) is 4.99 Å². The number of aryl methyl sites for hydroxylation is 2. The van der Waals surface area contributed by atoms with Crippen molar-refractivity contribution in [2.45, 2.75) is 20.4 Å². The van der Waals surface area contributed by atoms with Gasteiger partial charge in [0.15, 0.2) is 5.96 Å². The van der Waals surface area contributed by atoms with Crippen molar-refractivity contribution >= 4 is 11.9 Å². The van der Waals surface area contributed by atoms with Crippen molar-refractivity contribution in [3.8, 4) is 0 Å². The fourth-order valence-electron chi connectivity index (χ4n) is 3.79. The molecular formula is C19H33N7O2. The number of carbonyl (C=O) groups excluding carboxylic acids is 1. The van der Waals surface area contributed by atoms with Gasteiger partial charge in [-0.25, -0.2) is 0 Å². The Morgan fingerprint density at radius 1 is 1.11 bits per heavy atom. The summed E-state index contributed by atoms with van der Waals surface area (Å²) in [6.45, 7) is 11.5. The molecule has 0 aromatic carbocycles. The van der Waals surface area contributed by atoms with Crippen LogP contribution in [0.3, 0.4) is 0 Å². The van der Waals surface area contributed by atoms with E-state index in [-0.39, 0.29) is 5.91 Å². The van der Waals surface area contributed by atoms with Crippen molar-refractivity contribution < 1.29 is 9.53 Å². The summed E-state index contributed by atoms with van der Waals surface area (Å²) < 4.78 is 7.24. The van der Waals surface area contributed by atoms with E-state index in [2.05, 4.69) is 32.1 Å². The molecule has 0 spiro atoms. The molecule has 1 N–H and O–H groups in total. The molecule has 1 amide bonds. The highest BCUT2D eigenvalue weighted by Gasteiger charge is 2.24. The zero-order chi connectivity index (χ0) is 20.1. The van der Waals surface area contributed by atoms with Gasteiger partial charge in [-0.15, -0.1) is 0 Å². The summed E-state index contributed by atoms with van der Waals surface area (Å²) >= 11 is 0. The summed E-state index contributed by atoms with van der Waals surface area (Å²) in [6.07, 6.45) is 0. The van der Waals surface area contributed by atoms with Crippen LogP contribution in [-0.4, -0.2) is 102 Å². The highest BCUT2D eigenvalue weighted by atomic mass is 16.5. The first kappa shape index (κ1) is 20.6. The van der Waals surface area contributed by atoms with Crippen LogP contribution >= 0.6 is 0 Å². The first-order valence-corrected chi connectivity index (χ1v) is 10.0. The van der Waals surface area contributed by atoms with Crippen LogP contribution in [0.5, 0.6) is 0 Å². The number of guanidine groups is 1. The fraction of sp³-hybridized carbons (Fsp3) is 0.737. The minimum absolute atomic E-state index is 0.210. The topological polar surface area (TPSA) is 78.2 Å². The number of ether oxygens (including phenoxy) is 1. The van der Waals surface area contributed by atoms with Crippen LogP contribution in [0.2, 0.25) is 0 Å². The predicted molar refractivity (Wildman–Crippen MR) is 108 cm³/mol. The van der Waals surface area contributed by atoms with E-state index in [0.29, 0.717) is 39.4 Å². The lowest BCUT2D eigenvalue weighted by molar-refractivity contribution is -0.136. The van der Waals surface area contributed by atoms with Gasteiger partial charge in [0.1, 0.15) is 0 Å². The Hall–Kier alpha value is -2.13. The number of morpholine rings is 1. The van der Waals surface area contributed by atoms with Crippen molar-refractivity contribution in [2.75, 3.05) is 66.1 Å². The number of nitrogens with zero attached hydrogens (tertiary/aromatic N) is 6. The van der Waals surface area contributed by atoms with Crippen LogP contribution in [0, 0.1) is 13.8 Å². The molecule has 1 aromatic rings. The summed E-state index contributed by atoms with van der Waals surface area (Å²) in [5.41, 5.74) is 3.44. The number of rotatable bonds is 4. The Balaban J connectivity index is 1.46. The predicted octanol–water partition coefficient (Wildman–Crippen LogP) is -0.411. The molecular weight excluding hydrogens is 358 g/mol. The van der Waals surface area contributed by atoms with Crippen LogP contribution in [0.25, 0.3) is 0 Å². The normalized spacial score (nSPS) is 19.2. The molecule has 0 bridgehead atoms. The molecule has 2 fully saturated rings. The zero-order valence-electron chi connectivity index (χ0n) is 17.6. The molecule has 156 valence electrons. The molecule has 9 heteroatoms. The lowest BCUT2D eigenvalue weighted by atomic mass is 10.2. The van der Waals surface area contributed by atoms with Gasteiger partial charge in [-0.1, -0.05) is 0 Å². The molecule has 3 heterocycles. The molecule has 0 unspecified atom stereocenters. The Labute approximate surface area is 167 Å². The van der Waals surface area contributed by atoms with E-state index < -0.39 is 0 Å². The number of hydrogen-bond acceptors (Lipinski definition) is 5. The van der Waals surface area contributed by atoms with Gasteiger partial charge >= 0.3 is 0 Å². The third-order valence-electron chi connectivity index (χ3n) is 5.69. The Morgan fingerprint density at radius 2 is 1.79 bits per heavy atom. The summed E-state index contributed by atoms with van der Waals surface area (Å²) in [5, 5.41) is 7.95. The van der Waals surface area contributed by atoms with Gasteiger partial charge in [-0.2, -0.15) is 5.10 Å². The van der Waals surface area contributed by atoms with E-state index in [1.165, 1.54) is 11.3 Å². The fourth-order valence-corrected chi connectivity index (χ4v) is 3.79. The average Bonchev–Trinajstić information content (AvgIpc) is 2.96. The second kappa shape index (κ2) is 9.38. The minimum Gasteiger partial charge on any atom is -0.378 e. The molecule has 0 aliphatic carbocycles. The average molecular weight is 392 g/mol. The van der Waals surface area contributed by atoms with Gasteiger partial charge in [-0.3, -0.25) is 19.4 Å². The summed E-state index contributed by atoms with van der Waals surface area (Å²) in [7, 11) is 3.79. The van der Waals surface area contributed by atoms with E-state index in [0.717, 1.165) is 37.8 Å². The first-order chi connectivity index (χ1) is 13.5. The van der Waals surface area contributed by atoms with Crippen molar-refractivity contribution in [1.29, 1.82) is 0 Å². The van der Waals surface area contributed by atoms with Crippen molar-refractivity contribution in [3.05, 3.63) is 17.0 Å². The number of aromatic nitrogens is 2. The van der Waals surface area contributed by atoms with Crippen LogP contribution < -0.4 is 5.32 Å². The van der Waals surface area contributed by atoms with Gasteiger partial charge in [0.25, 0.3) is 0 Å². The number of carbonyl (C=O) groups is 1. The molecule has 1 aromatic heterocycles. The maximum absolute atomic E-state index is 12.4. The highest BCUT2D eigenvalue weighted by molar-refractivity contribution is 5.80. The maximum Gasteiger partial charge on any atom is 0.236 e. The number of amides is 1. The maximum atomic E-state index is 12.4. The van der Waals surface area contributed by atoms with Gasteiger partial charge in [-0.05, 0) is 13.8 Å². The van der Waals surface area contributed by atoms with Crippen molar-refractivity contribution in [1.82, 2.24) is 29.8 Å². The van der Waals surface area contributed by atoms with Crippen molar-refractivity contribution in [2.24, 2.45) is 12.0 Å². The summed E-state index contributed by atoms with van der Waals surface area (Å²) in [4.78, 5) is 23.3. The third-order valence-corrected chi connectivity index (χ3v) is 5.69. The van der Waals surface area contributed by atoms with Crippen LogP contribution in [-0.2, 0) is 23.1 Å². The standard InChI is InChI=1S/C19H33N7O2/c1-15-17(16(2)23(4)22-15)13-21-19(20-3)26-7-5-24(6-8-26)14-18(27)25-9-11-28-12-10-25/h5-14H2,1-4H3,(H,20,21). The van der Waals surface area contributed by atoms with E-state index in [4.69, 9.17) is 4.74 Å². The third kappa shape index (κ3) is 4.82. The summed E-state index contributed by atoms with van der Waals surface area (Å²) in [6, 6.07) is 0. The molecule has 3 rings (SSSR count). The molecule has 0 atom stereocenters. The molecule has 0 saturated carbocycles. The van der Waals surface area contributed by atoms with E-state index in [9.17, 15) is 4.79 Å². The Kier molecular flexibility index (Phi) is 6.90. The molecule has 2 saturated heterocycles. The summed E-state index contributed by atoms with van der Waals surface area (Å²) in [5.74, 6) is 1.11. The molecule has 2 aliphatic rings. The lowest BCUT2D eigenvalue weighted by Crippen LogP contribution is -2.54. The number of aliphatic imine (C=N–C) groups is 1. The molecule has 9 nitrogen and oxygen atoms in total. The Bertz CT molecular complexity index is 701. The smallest absolute Gasteiger partial charge is 0.236 e. The Morgan fingerprint density at radius 3 is 2.36 bits per heavy atom. The second-order valence-electron chi connectivity index (χ2n) is 7.43. The quantitative estimate of drug-likeness (QED) is 0.555. The SMILES string of the molecule is CN=C(NCc1c(C)nn(C)c1C)N1CCN(CC(=O)N2CCOCC2)CC1. The van der Waals surface area contributed by atoms with Crippen molar-refractivity contribution in [3.63, 3.8) is 0 Å². The van der Waals surface area contributed by atoms with E-state index >= 15 is 0 Å². The lowest BCUT2D eigenvalue weighted by Gasteiger charge is -2.37. The zero-order valence-corrected chi connectivity index (χ0v) is 17.6. The first-order valence-electron chi connectivity index (χ1n) is 10.0. The van der Waals surface area contributed by atoms with Gasteiger partial charge in [0.2, 0.25) is 5.91 Å². The minimum atomic E-state index is 0.210. The number of nitrogens with one attached hydrogen (secondary N) is 1. The molecule has 2 aliphatic heterocycles. The van der Waals surface area contributed by atoms with Crippen LogP contribution in [0.1, 0.15) is 17.0 Å². The molecule has 28 heavy (non-hydrogen) atoms. The second-order valence-corrected chi connectivity index (χ2v) is 7.43. The molecule has 0 radical (unpaired) electrons.